The highest BCUT2D eigenvalue weighted by atomic mass is 16.5. The van der Waals surface area contributed by atoms with Gasteiger partial charge in [-0.05, 0) is 11.6 Å². The number of nitrogens with two attached hydrogens (primary N) is 1. The Bertz CT molecular complexity index is 386. The van der Waals surface area contributed by atoms with E-state index in [2.05, 4.69) is 0 Å². The molecular formula is C11H13NO3. The molecule has 0 atom stereocenters. The number of carbonyl (C=O) groups is 1. The van der Waals surface area contributed by atoms with Crippen LogP contribution in [0.5, 0.6) is 11.5 Å². The van der Waals surface area contributed by atoms with Gasteiger partial charge in [0.05, 0.1) is 12.7 Å². The molecule has 0 fully saturated rings. The molecule has 0 bridgehead atoms. The summed E-state index contributed by atoms with van der Waals surface area (Å²) in [5.41, 5.74) is 6.13. The second-order valence-electron chi connectivity index (χ2n) is 2.88. The second kappa shape index (κ2) is 5.17. The average Bonchev–Trinajstić information content (AvgIpc) is 2.26. The van der Waals surface area contributed by atoms with Crippen LogP contribution in [0, 0.1) is 0 Å². The van der Waals surface area contributed by atoms with Crippen LogP contribution in [0.15, 0.2) is 18.2 Å². The molecule has 1 aromatic rings. The van der Waals surface area contributed by atoms with Gasteiger partial charge in [-0.1, -0.05) is 18.2 Å². The number of hydrogen-bond donors (Lipinski definition) is 2. The Balaban J connectivity index is 3.24. The molecule has 0 unspecified atom stereocenters. The van der Waals surface area contributed by atoms with Crippen LogP contribution in [0.4, 0.5) is 0 Å². The van der Waals surface area contributed by atoms with Crippen LogP contribution in [0.25, 0.3) is 6.08 Å². The maximum atomic E-state index is 10.8. The molecule has 3 N–H and O–H groups in total. The van der Waals surface area contributed by atoms with E-state index >= 15 is 0 Å². The van der Waals surface area contributed by atoms with Gasteiger partial charge >= 0.3 is 0 Å². The van der Waals surface area contributed by atoms with Crippen LogP contribution in [-0.2, 0) is 0 Å². The third-order valence-electron chi connectivity index (χ3n) is 1.99. The number of rotatable bonds is 4. The Labute approximate surface area is 88.0 Å². The first kappa shape index (κ1) is 11.3. The summed E-state index contributed by atoms with van der Waals surface area (Å²) in [5, 5.41) is 9.65. The molecule has 0 aliphatic rings. The minimum atomic E-state index is -0.147. The summed E-state index contributed by atoms with van der Waals surface area (Å²) in [6.45, 7) is 0.380. The molecule has 4 nitrogen and oxygen atoms in total. The summed E-state index contributed by atoms with van der Waals surface area (Å²) >= 11 is 0. The van der Waals surface area contributed by atoms with Gasteiger partial charge < -0.3 is 15.6 Å². The molecule has 0 heterocycles. The smallest absolute Gasteiger partial charge is 0.168 e. The number of hydrogen-bond acceptors (Lipinski definition) is 4. The number of aldehydes is 1. The summed E-state index contributed by atoms with van der Waals surface area (Å²) in [6.07, 6.45) is 3.98. The standard InChI is InChI=1S/C11H13NO3/c1-15-10-5-4-8(3-2-6-12)9(7-13)11(10)14/h2-5,7,14H,6,12H2,1H3. The molecule has 0 saturated carbocycles. The lowest BCUT2D eigenvalue weighted by Gasteiger charge is -2.07. The molecule has 0 radical (unpaired) electrons. The molecule has 15 heavy (non-hydrogen) atoms. The molecule has 4 heteroatoms. The Morgan fingerprint density at radius 1 is 1.53 bits per heavy atom. The van der Waals surface area contributed by atoms with Crippen LogP contribution >= 0.6 is 0 Å². The molecule has 0 saturated heterocycles. The van der Waals surface area contributed by atoms with Crippen molar-refractivity contribution in [2.24, 2.45) is 5.73 Å². The Morgan fingerprint density at radius 3 is 2.80 bits per heavy atom. The maximum Gasteiger partial charge on any atom is 0.168 e. The van der Waals surface area contributed by atoms with Crippen molar-refractivity contribution in [3.63, 3.8) is 0 Å². The number of methoxy groups -OCH3 is 1. The van der Waals surface area contributed by atoms with Gasteiger partial charge in [-0.15, -0.1) is 0 Å². The highest BCUT2D eigenvalue weighted by Gasteiger charge is 2.10. The van der Waals surface area contributed by atoms with Gasteiger partial charge in [-0.2, -0.15) is 0 Å². The predicted octanol–water partition coefficient (Wildman–Crippen LogP) is 1.19. The van der Waals surface area contributed by atoms with Gasteiger partial charge in [-0.3, -0.25) is 4.79 Å². The van der Waals surface area contributed by atoms with Crippen molar-refractivity contribution in [3.8, 4) is 11.5 Å². The van der Waals surface area contributed by atoms with Gasteiger partial charge in [0, 0.05) is 6.54 Å². The number of phenols is 1. The molecule has 0 amide bonds. The van der Waals surface area contributed by atoms with Crippen molar-refractivity contribution >= 4 is 12.4 Å². The number of benzene rings is 1. The molecule has 80 valence electrons. The number of ether oxygens (including phenoxy) is 1. The number of carbonyl (C=O) groups excluding carboxylic acids is 1. The van der Waals surface area contributed by atoms with Crippen LogP contribution in [-0.4, -0.2) is 25.0 Å². The van der Waals surface area contributed by atoms with Crippen LogP contribution < -0.4 is 10.5 Å². The van der Waals surface area contributed by atoms with Crippen LogP contribution in [0.1, 0.15) is 15.9 Å². The van der Waals surface area contributed by atoms with E-state index in [-0.39, 0.29) is 17.1 Å². The third kappa shape index (κ3) is 2.35. The van der Waals surface area contributed by atoms with Crippen molar-refractivity contribution in [2.45, 2.75) is 0 Å². The highest BCUT2D eigenvalue weighted by Crippen LogP contribution is 2.31. The first-order valence-corrected chi connectivity index (χ1v) is 4.46. The molecule has 1 aromatic carbocycles. The Kier molecular flexibility index (Phi) is 3.88. The lowest BCUT2D eigenvalue weighted by atomic mass is 10.1. The minimum Gasteiger partial charge on any atom is -0.504 e. The third-order valence-corrected chi connectivity index (χ3v) is 1.99. The van der Waals surface area contributed by atoms with Gasteiger partial charge in [0.1, 0.15) is 0 Å². The monoisotopic (exact) mass is 207 g/mol. The lowest BCUT2D eigenvalue weighted by Crippen LogP contribution is -1.94. The highest BCUT2D eigenvalue weighted by molar-refractivity contribution is 5.87. The van der Waals surface area contributed by atoms with Crippen molar-refractivity contribution in [1.82, 2.24) is 0 Å². The van der Waals surface area contributed by atoms with Gasteiger partial charge in [0.2, 0.25) is 0 Å². The predicted molar refractivity (Wildman–Crippen MR) is 58.1 cm³/mol. The van der Waals surface area contributed by atoms with Crippen molar-refractivity contribution in [1.29, 1.82) is 0 Å². The SMILES string of the molecule is COc1ccc(C=CCN)c(C=O)c1O. The van der Waals surface area contributed by atoms with Gasteiger partial charge in [0.25, 0.3) is 0 Å². The first-order chi connectivity index (χ1) is 7.24. The van der Waals surface area contributed by atoms with E-state index in [1.807, 2.05) is 0 Å². The van der Waals surface area contributed by atoms with Crippen molar-refractivity contribution < 1.29 is 14.6 Å². The minimum absolute atomic E-state index is 0.147. The topological polar surface area (TPSA) is 72.5 Å². The molecule has 1 rings (SSSR count). The quantitative estimate of drug-likeness (QED) is 0.727. The van der Waals surface area contributed by atoms with E-state index in [0.717, 1.165) is 0 Å². The normalized spacial score (nSPS) is 10.5. The van der Waals surface area contributed by atoms with Crippen molar-refractivity contribution in [3.05, 3.63) is 29.3 Å². The van der Waals surface area contributed by atoms with E-state index in [1.54, 1.807) is 24.3 Å². The Morgan fingerprint density at radius 2 is 2.27 bits per heavy atom. The summed E-state index contributed by atoms with van der Waals surface area (Å²) < 4.78 is 4.89. The zero-order valence-corrected chi connectivity index (χ0v) is 8.43. The lowest BCUT2D eigenvalue weighted by molar-refractivity contribution is 0.112. The molecule has 0 spiro atoms. The summed E-state index contributed by atoms with van der Waals surface area (Å²) in [7, 11) is 1.43. The maximum absolute atomic E-state index is 10.8. The van der Waals surface area contributed by atoms with E-state index < -0.39 is 0 Å². The van der Waals surface area contributed by atoms with E-state index in [1.165, 1.54) is 7.11 Å². The summed E-state index contributed by atoms with van der Waals surface area (Å²) in [4.78, 5) is 10.8. The number of aromatic hydroxyl groups is 1. The molecule has 0 aliphatic carbocycles. The largest absolute Gasteiger partial charge is 0.504 e. The number of phenolic OH excluding ortho intramolecular Hbond substituents is 1. The average molecular weight is 207 g/mol. The molecule has 0 aliphatic heterocycles. The fourth-order valence-electron chi connectivity index (χ4n) is 1.23. The van der Waals surface area contributed by atoms with E-state index in [4.69, 9.17) is 10.5 Å². The van der Waals surface area contributed by atoms with Crippen LogP contribution in [0.3, 0.4) is 0 Å². The molecule has 0 aromatic heterocycles. The second-order valence-corrected chi connectivity index (χ2v) is 2.88. The van der Waals surface area contributed by atoms with E-state index in [0.29, 0.717) is 18.4 Å². The zero-order chi connectivity index (χ0) is 11.3. The van der Waals surface area contributed by atoms with Gasteiger partial charge in [0.15, 0.2) is 17.8 Å². The van der Waals surface area contributed by atoms with E-state index in [9.17, 15) is 9.90 Å². The summed E-state index contributed by atoms with van der Waals surface area (Å²) in [5.74, 6) is 0.133. The van der Waals surface area contributed by atoms with Crippen molar-refractivity contribution in [2.75, 3.05) is 13.7 Å². The van der Waals surface area contributed by atoms with Crippen LogP contribution in [0.2, 0.25) is 0 Å². The zero-order valence-electron chi connectivity index (χ0n) is 8.43. The first-order valence-electron chi connectivity index (χ1n) is 4.46. The van der Waals surface area contributed by atoms with Gasteiger partial charge in [-0.25, -0.2) is 0 Å². The molecular weight excluding hydrogens is 194 g/mol. The Hall–Kier alpha value is -1.81. The summed E-state index contributed by atoms with van der Waals surface area (Å²) in [6, 6.07) is 3.28. The fourth-order valence-corrected chi connectivity index (χ4v) is 1.23. The fraction of sp³-hybridized carbons (Fsp3) is 0.182.